The highest BCUT2D eigenvalue weighted by molar-refractivity contribution is 7.12. The van der Waals surface area contributed by atoms with Crippen molar-refractivity contribution in [2.45, 2.75) is 13.0 Å². The highest BCUT2D eigenvalue weighted by Crippen LogP contribution is 2.28. The quantitative estimate of drug-likeness (QED) is 0.909. The third-order valence-corrected chi connectivity index (χ3v) is 3.65. The van der Waals surface area contributed by atoms with Gasteiger partial charge in [-0.3, -0.25) is 0 Å². The summed E-state index contributed by atoms with van der Waals surface area (Å²) in [6.07, 6.45) is 1.05. The lowest BCUT2D eigenvalue weighted by molar-refractivity contribution is 0.305. The smallest absolute Gasteiger partial charge is 0.140 e. The van der Waals surface area contributed by atoms with Gasteiger partial charge in [-0.1, -0.05) is 0 Å². The molecule has 88 valence electrons. The molecule has 2 heterocycles. The summed E-state index contributed by atoms with van der Waals surface area (Å²) in [4.78, 5) is 5.73. The number of thiazole rings is 1. The number of halogens is 1. The first kappa shape index (κ1) is 10.5. The van der Waals surface area contributed by atoms with Gasteiger partial charge in [0.15, 0.2) is 0 Å². The Labute approximate surface area is 102 Å². The largest absolute Gasteiger partial charge is 0.486 e. The Bertz CT molecular complexity index is 502. The lowest BCUT2D eigenvalue weighted by Gasteiger charge is -2.03. The van der Waals surface area contributed by atoms with Crippen LogP contribution in [0.1, 0.15) is 9.88 Å². The standard InChI is InChI=1S/C12H11FN2OS/c13-8-1-3-9(4-2-8)16-7-11-15-12-10(17-11)5-6-14-12/h1-4,14H,5-7H2. The van der Waals surface area contributed by atoms with Gasteiger partial charge in [0.1, 0.15) is 29.0 Å². The molecule has 0 unspecified atom stereocenters. The maximum absolute atomic E-state index is 12.7. The van der Waals surface area contributed by atoms with Crippen molar-refractivity contribution in [3.05, 3.63) is 40.0 Å². The Kier molecular flexibility index (Phi) is 2.68. The van der Waals surface area contributed by atoms with Crippen LogP contribution in [0.5, 0.6) is 5.75 Å². The Balaban J connectivity index is 1.65. The molecule has 2 aromatic rings. The van der Waals surface area contributed by atoms with E-state index in [1.165, 1.54) is 17.0 Å². The molecule has 1 aromatic heterocycles. The second-order valence-corrected chi connectivity index (χ2v) is 4.97. The van der Waals surface area contributed by atoms with Crippen LogP contribution >= 0.6 is 11.3 Å². The van der Waals surface area contributed by atoms with Crippen molar-refractivity contribution in [2.75, 3.05) is 11.9 Å². The van der Waals surface area contributed by atoms with Gasteiger partial charge in [0.05, 0.1) is 4.88 Å². The SMILES string of the molecule is Fc1ccc(OCc2nc3c(s2)CCN3)cc1. The third kappa shape index (κ3) is 2.24. The minimum Gasteiger partial charge on any atom is -0.486 e. The van der Waals surface area contributed by atoms with Crippen LogP contribution in [0.4, 0.5) is 10.2 Å². The molecule has 3 rings (SSSR count). The maximum atomic E-state index is 12.7. The predicted molar refractivity (Wildman–Crippen MR) is 65.0 cm³/mol. The molecule has 17 heavy (non-hydrogen) atoms. The molecular weight excluding hydrogens is 239 g/mol. The molecule has 0 saturated heterocycles. The number of rotatable bonds is 3. The molecule has 0 saturated carbocycles. The van der Waals surface area contributed by atoms with Gasteiger partial charge >= 0.3 is 0 Å². The van der Waals surface area contributed by atoms with E-state index < -0.39 is 0 Å². The van der Waals surface area contributed by atoms with Crippen LogP contribution in [0, 0.1) is 5.82 Å². The Morgan fingerprint density at radius 3 is 2.94 bits per heavy atom. The molecule has 1 aliphatic heterocycles. The number of nitrogens with one attached hydrogen (secondary N) is 1. The number of aromatic nitrogens is 1. The fourth-order valence-corrected chi connectivity index (χ4v) is 2.70. The fourth-order valence-electron chi connectivity index (χ4n) is 1.74. The summed E-state index contributed by atoms with van der Waals surface area (Å²) >= 11 is 1.67. The number of anilines is 1. The first-order chi connectivity index (χ1) is 8.31. The lowest BCUT2D eigenvalue weighted by atomic mass is 10.3. The molecule has 0 amide bonds. The van der Waals surface area contributed by atoms with E-state index in [9.17, 15) is 4.39 Å². The Morgan fingerprint density at radius 2 is 2.18 bits per heavy atom. The third-order valence-electron chi connectivity index (χ3n) is 2.56. The van der Waals surface area contributed by atoms with Crippen LogP contribution in [0.15, 0.2) is 24.3 Å². The van der Waals surface area contributed by atoms with Crippen molar-refractivity contribution < 1.29 is 9.13 Å². The van der Waals surface area contributed by atoms with E-state index >= 15 is 0 Å². The van der Waals surface area contributed by atoms with Crippen molar-refractivity contribution in [1.29, 1.82) is 0 Å². The molecule has 0 aliphatic carbocycles. The van der Waals surface area contributed by atoms with E-state index in [1.807, 2.05) is 0 Å². The van der Waals surface area contributed by atoms with Gasteiger partial charge in [-0.25, -0.2) is 9.37 Å². The molecule has 0 bridgehead atoms. The summed E-state index contributed by atoms with van der Waals surface area (Å²) < 4.78 is 18.2. The van der Waals surface area contributed by atoms with E-state index in [4.69, 9.17) is 4.74 Å². The maximum Gasteiger partial charge on any atom is 0.140 e. The van der Waals surface area contributed by atoms with Crippen LogP contribution in [0.25, 0.3) is 0 Å². The van der Waals surface area contributed by atoms with E-state index in [0.717, 1.165) is 23.8 Å². The van der Waals surface area contributed by atoms with E-state index in [0.29, 0.717) is 12.4 Å². The number of hydrogen-bond acceptors (Lipinski definition) is 4. The average Bonchev–Trinajstić information content (AvgIpc) is 2.88. The average molecular weight is 250 g/mol. The molecule has 0 atom stereocenters. The van der Waals surface area contributed by atoms with Crippen molar-refractivity contribution in [2.24, 2.45) is 0 Å². The zero-order valence-electron chi connectivity index (χ0n) is 9.07. The Hall–Kier alpha value is -1.62. The van der Waals surface area contributed by atoms with Gasteiger partial charge in [0.25, 0.3) is 0 Å². The van der Waals surface area contributed by atoms with Gasteiger partial charge in [-0.05, 0) is 24.3 Å². The van der Waals surface area contributed by atoms with E-state index in [2.05, 4.69) is 10.3 Å². The summed E-state index contributed by atoms with van der Waals surface area (Å²) in [5.41, 5.74) is 0. The fraction of sp³-hybridized carbons (Fsp3) is 0.250. The minimum absolute atomic E-state index is 0.255. The van der Waals surface area contributed by atoms with Crippen LogP contribution in [-0.2, 0) is 13.0 Å². The van der Waals surface area contributed by atoms with Crippen molar-refractivity contribution >= 4 is 17.2 Å². The highest BCUT2D eigenvalue weighted by atomic mass is 32.1. The number of benzene rings is 1. The van der Waals surface area contributed by atoms with Crippen LogP contribution in [0.2, 0.25) is 0 Å². The molecule has 0 spiro atoms. The second kappa shape index (κ2) is 4.33. The number of hydrogen-bond donors (Lipinski definition) is 1. The molecule has 1 N–H and O–H groups in total. The molecule has 3 nitrogen and oxygen atoms in total. The summed E-state index contributed by atoms with van der Waals surface area (Å²) in [7, 11) is 0. The summed E-state index contributed by atoms with van der Waals surface area (Å²) in [5.74, 6) is 1.40. The monoisotopic (exact) mass is 250 g/mol. The number of nitrogens with zero attached hydrogens (tertiary/aromatic N) is 1. The lowest BCUT2D eigenvalue weighted by Crippen LogP contribution is -1.98. The summed E-state index contributed by atoms with van der Waals surface area (Å²) in [6.45, 7) is 1.41. The number of ether oxygens (including phenoxy) is 1. The van der Waals surface area contributed by atoms with Crippen LogP contribution in [-0.4, -0.2) is 11.5 Å². The van der Waals surface area contributed by atoms with Crippen molar-refractivity contribution in [3.63, 3.8) is 0 Å². The highest BCUT2D eigenvalue weighted by Gasteiger charge is 2.16. The van der Waals surface area contributed by atoms with Crippen molar-refractivity contribution in [1.82, 2.24) is 4.98 Å². The van der Waals surface area contributed by atoms with E-state index in [-0.39, 0.29) is 5.82 Å². The van der Waals surface area contributed by atoms with Crippen LogP contribution < -0.4 is 10.1 Å². The normalized spacial score (nSPS) is 13.2. The van der Waals surface area contributed by atoms with E-state index in [1.54, 1.807) is 23.5 Å². The van der Waals surface area contributed by atoms with Crippen molar-refractivity contribution in [3.8, 4) is 5.75 Å². The molecule has 5 heteroatoms. The number of fused-ring (bicyclic) bond motifs is 1. The molecule has 1 aliphatic rings. The minimum atomic E-state index is -0.255. The van der Waals surface area contributed by atoms with Gasteiger partial charge in [0.2, 0.25) is 0 Å². The Morgan fingerprint density at radius 1 is 1.35 bits per heavy atom. The second-order valence-electron chi connectivity index (χ2n) is 3.80. The van der Waals surface area contributed by atoms with Gasteiger partial charge in [-0.15, -0.1) is 11.3 Å². The van der Waals surface area contributed by atoms with Gasteiger partial charge in [0, 0.05) is 13.0 Å². The van der Waals surface area contributed by atoms with Gasteiger partial charge in [-0.2, -0.15) is 0 Å². The predicted octanol–water partition coefficient (Wildman–Crippen LogP) is 2.83. The molecule has 0 fully saturated rings. The topological polar surface area (TPSA) is 34.1 Å². The zero-order valence-corrected chi connectivity index (χ0v) is 9.89. The summed E-state index contributed by atoms with van der Waals surface area (Å²) in [6, 6.07) is 6.02. The summed E-state index contributed by atoms with van der Waals surface area (Å²) in [5, 5.41) is 4.17. The van der Waals surface area contributed by atoms with Gasteiger partial charge < -0.3 is 10.1 Å². The molecule has 1 aromatic carbocycles. The molecular formula is C12H11FN2OS. The zero-order chi connectivity index (χ0) is 11.7. The first-order valence-corrected chi connectivity index (χ1v) is 6.24. The first-order valence-electron chi connectivity index (χ1n) is 5.42. The molecule has 0 radical (unpaired) electrons. The van der Waals surface area contributed by atoms with Crippen LogP contribution in [0.3, 0.4) is 0 Å².